The second-order valence-electron chi connectivity index (χ2n) is 6.03. The van der Waals surface area contributed by atoms with Crippen LogP contribution >= 0.6 is 0 Å². The summed E-state index contributed by atoms with van der Waals surface area (Å²) in [7, 11) is 0. The summed E-state index contributed by atoms with van der Waals surface area (Å²) >= 11 is 0. The maximum atomic E-state index is 11.4. The number of rotatable bonds is 9. The Labute approximate surface area is 132 Å². The number of ether oxygens (including phenoxy) is 3. The fourth-order valence-corrected chi connectivity index (χ4v) is 2.70. The zero-order valence-electron chi connectivity index (χ0n) is 13.5. The van der Waals surface area contributed by atoms with E-state index in [9.17, 15) is 4.79 Å². The smallest absolute Gasteiger partial charge is 0.435 e. The zero-order valence-corrected chi connectivity index (χ0v) is 13.5. The van der Waals surface area contributed by atoms with Gasteiger partial charge in [0.25, 0.3) is 0 Å². The van der Waals surface area contributed by atoms with E-state index in [4.69, 9.17) is 14.2 Å². The molecule has 2 atom stereocenters. The summed E-state index contributed by atoms with van der Waals surface area (Å²) in [6.45, 7) is 4.75. The average Bonchev–Trinajstić information content (AvgIpc) is 3.24. The third kappa shape index (κ3) is 5.68. The number of carbonyl (C=O) groups excluding carboxylic acids is 1. The van der Waals surface area contributed by atoms with E-state index in [1.54, 1.807) is 6.92 Å². The Kier molecular flexibility index (Phi) is 6.25. The molecule has 1 saturated heterocycles. The van der Waals surface area contributed by atoms with Gasteiger partial charge in [0.05, 0.1) is 6.61 Å². The molecule has 0 aromatic heterocycles. The summed E-state index contributed by atoms with van der Waals surface area (Å²) in [5.41, 5.74) is 1.39. The minimum atomic E-state index is -0.717. The van der Waals surface area contributed by atoms with Crippen LogP contribution in [0.25, 0.3) is 0 Å². The summed E-state index contributed by atoms with van der Waals surface area (Å²) in [6.07, 6.45) is 4.71. The first-order valence-electron chi connectivity index (χ1n) is 8.17. The minimum Gasteiger partial charge on any atom is -0.435 e. The van der Waals surface area contributed by atoms with Gasteiger partial charge >= 0.3 is 6.16 Å². The molecule has 1 aliphatic rings. The Morgan fingerprint density at radius 3 is 2.68 bits per heavy atom. The van der Waals surface area contributed by atoms with Crippen molar-refractivity contribution in [3.63, 3.8) is 0 Å². The fourth-order valence-electron chi connectivity index (χ4n) is 2.70. The predicted octanol–water partition coefficient (Wildman–Crippen LogP) is 4.33. The van der Waals surface area contributed by atoms with E-state index in [1.807, 2.05) is 6.07 Å². The largest absolute Gasteiger partial charge is 0.510 e. The number of hydrogen-bond donors (Lipinski definition) is 0. The zero-order chi connectivity index (χ0) is 15.8. The number of aryl methyl sites for hydroxylation is 1. The number of unbranched alkanes of at least 4 members (excludes halogenated alkanes) is 1. The first-order chi connectivity index (χ1) is 10.6. The van der Waals surface area contributed by atoms with Crippen molar-refractivity contribution in [1.29, 1.82) is 0 Å². The third-order valence-corrected chi connectivity index (χ3v) is 3.91. The lowest BCUT2D eigenvalue weighted by atomic mass is 9.96. The lowest BCUT2D eigenvalue weighted by Crippen LogP contribution is -2.24. The topological polar surface area (TPSA) is 48.1 Å². The lowest BCUT2D eigenvalue weighted by molar-refractivity contribution is -0.0441. The lowest BCUT2D eigenvalue weighted by Gasteiger charge is -2.17. The molecule has 4 heteroatoms. The molecule has 0 amide bonds. The molecule has 0 aliphatic carbocycles. The first kappa shape index (κ1) is 16.8. The van der Waals surface area contributed by atoms with Gasteiger partial charge in [0.15, 0.2) is 0 Å². The maximum absolute atomic E-state index is 11.4. The van der Waals surface area contributed by atoms with Gasteiger partial charge in [0, 0.05) is 6.42 Å². The van der Waals surface area contributed by atoms with Crippen molar-refractivity contribution in [1.82, 2.24) is 0 Å². The van der Waals surface area contributed by atoms with Gasteiger partial charge in [0.2, 0.25) is 5.79 Å². The molecular weight excluding hydrogens is 280 g/mol. The van der Waals surface area contributed by atoms with Crippen LogP contribution in [0.1, 0.15) is 45.1 Å². The third-order valence-electron chi connectivity index (χ3n) is 3.91. The van der Waals surface area contributed by atoms with Gasteiger partial charge in [-0.1, -0.05) is 50.1 Å². The summed E-state index contributed by atoms with van der Waals surface area (Å²) in [4.78, 5) is 11.4. The molecule has 22 heavy (non-hydrogen) atoms. The van der Waals surface area contributed by atoms with E-state index < -0.39 is 11.9 Å². The van der Waals surface area contributed by atoms with Gasteiger partial charge in [-0.25, -0.2) is 4.79 Å². The molecule has 2 rings (SSSR count). The van der Waals surface area contributed by atoms with Gasteiger partial charge in [-0.3, -0.25) is 0 Å². The van der Waals surface area contributed by atoms with E-state index in [-0.39, 0.29) is 0 Å². The van der Waals surface area contributed by atoms with Gasteiger partial charge in [-0.15, -0.1) is 0 Å². The number of benzene rings is 1. The van der Waals surface area contributed by atoms with Crippen LogP contribution < -0.4 is 0 Å². The van der Waals surface area contributed by atoms with Crippen LogP contribution in [0.4, 0.5) is 4.79 Å². The van der Waals surface area contributed by atoms with Crippen molar-refractivity contribution in [3.05, 3.63) is 35.9 Å². The van der Waals surface area contributed by atoms with Gasteiger partial charge in [-0.05, 0) is 31.2 Å². The van der Waals surface area contributed by atoms with Crippen LogP contribution in [0.3, 0.4) is 0 Å². The highest BCUT2D eigenvalue weighted by atomic mass is 16.8. The van der Waals surface area contributed by atoms with Crippen molar-refractivity contribution >= 4 is 6.16 Å². The monoisotopic (exact) mass is 306 g/mol. The summed E-state index contributed by atoms with van der Waals surface area (Å²) in [6, 6.07) is 10.6. The SMILES string of the molecule is CCOC(=O)OC1(CC(C)CCCCc2ccccc2)CO1. The Morgan fingerprint density at radius 2 is 2.05 bits per heavy atom. The van der Waals surface area contributed by atoms with E-state index >= 15 is 0 Å². The van der Waals surface area contributed by atoms with Gasteiger partial charge in [-0.2, -0.15) is 0 Å². The maximum Gasteiger partial charge on any atom is 0.510 e. The number of epoxide rings is 1. The van der Waals surface area contributed by atoms with E-state index in [0.717, 1.165) is 19.3 Å². The molecular formula is C18H26O4. The van der Waals surface area contributed by atoms with E-state index in [2.05, 4.69) is 31.2 Å². The Balaban J connectivity index is 1.61. The van der Waals surface area contributed by atoms with Crippen molar-refractivity contribution in [3.8, 4) is 0 Å². The minimum absolute atomic E-state index is 0.323. The van der Waals surface area contributed by atoms with Crippen molar-refractivity contribution in [2.75, 3.05) is 13.2 Å². The molecule has 1 fully saturated rings. The van der Waals surface area contributed by atoms with Gasteiger partial charge in [0.1, 0.15) is 6.61 Å². The molecule has 2 unspecified atom stereocenters. The van der Waals surface area contributed by atoms with Crippen LogP contribution in [0.5, 0.6) is 0 Å². The number of carbonyl (C=O) groups is 1. The number of hydrogen-bond acceptors (Lipinski definition) is 4. The molecule has 0 spiro atoms. The van der Waals surface area contributed by atoms with Crippen LogP contribution in [-0.2, 0) is 20.6 Å². The highest BCUT2D eigenvalue weighted by molar-refractivity contribution is 5.60. The molecule has 0 saturated carbocycles. The van der Waals surface area contributed by atoms with Crippen LogP contribution in [0.15, 0.2) is 30.3 Å². The molecule has 1 aromatic rings. The first-order valence-corrected chi connectivity index (χ1v) is 8.17. The van der Waals surface area contributed by atoms with Gasteiger partial charge < -0.3 is 14.2 Å². The fraction of sp³-hybridized carbons (Fsp3) is 0.611. The van der Waals surface area contributed by atoms with Crippen LogP contribution in [-0.4, -0.2) is 25.2 Å². The second kappa shape index (κ2) is 8.18. The van der Waals surface area contributed by atoms with Crippen molar-refractivity contribution in [2.24, 2.45) is 5.92 Å². The Hall–Kier alpha value is -1.55. The quantitative estimate of drug-likeness (QED) is 0.387. The van der Waals surface area contributed by atoms with E-state index in [1.165, 1.54) is 18.4 Å². The highest BCUT2D eigenvalue weighted by Gasteiger charge is 2.50. The molecule has 0 bridgehead atoms. The van der Waals surface area contributed by atoms with Crippen molar-refractivity contribution < 1.29 is 19.0 Å². The molecule has 1 heterocycles. The average molecular weight is 306 g/mol. The molecule has 1 aromatic carbocycles. The molecule has 4 nitrogen and oxygen atoms in total. The molecule has 0 radical (unpaired) electrons. The standard InChI is InChI=1S/C18H26O4/c1-3-20-17(19)22-18(14-21-18)13-15(2)9-7-8-12-16-10-5-4-6-11-16/h4-6,10-11,15H,3,7-9,12-14H2,1-2H3. The Morgan fingerprint density at radius 1 is 1.32 bits per heavy atom. The molecule has 0 N–H and O–H groups in total. The summed E-state index contributed by atoms with van der Waals surface area (Å²) in [5, 5.41) is 0. The highest BCUT2D eigenvalue weighted by Crippen LogP contribution is 2.37. The predicted molar refractivity (Wildman–Crippen MR) is 84.6 cm³/mol. The van der Waals surface area contributed by atoms with Crippen LogP contribution in [0, 0.1) is 5.92 Å². The van der Waals surface area contributed by atoms with Crippen molar-refractivity contribution in [2.45, 2.75) is 51.7 Å². The molecule has 1 aliphatic heterocycles. The second-order valence-corrected chi connectivity index (χ2v) is 6.03. The van der Waals surface area contributed by atoms with E-state index in [0.29, 0.717) is 19.1 Å². The Bertz CT molecular complexity index is 453. The normalized spacial score (nSPS) is 21.2. The summed E-state index contributed by atoms with van der Waals surface area (Å²) in [5.74, 6) is -0.252. The van der Waals surface area contributed by atoms with Crippen LogP contribution in [0.2, 0.25) is 0 Å². The molecule has 122 valence electrons. The summed E-state index contributed by atoms with van der Waals surface area (Å²) < 4.78 is 15.4.